The van der Waals surface area contributed by atoms with E-state index in [9.17, 15) is 9.59 Å². The van der Waals surface area contributed by atoms with Gasteiger partial charge in [0.15, 0.2) is 0 Å². The minimum Gasteiger partial charge on any atom is -0.478 e. The Morgan fingerprint density at radius 3 is 2.47 bits per heavy atom. The smallest absolute Gasteiger partial charge is 0.331 e. The van der Waals surface area contributed by atoms with Crippen molar-refractivity contribution in [2.75, 3.05) is 5.32 Å². The van der Waals surface area contributed by atoms with Gasteiger partial charge in [-0.25, -0.2) is 4.79 Å². The molecular weight excluding hydrogens is 220 g/mol. The van der Waals surface area contributed by atoms with E-state index in [1.165, 1.54) is 13.8 Å². The number of carboxylic acid groups (broad SMARTS) is 1. The van der Waals surface area contributed by atoms with Crippen LogP contribution < -0.4 is 5.32 Å². The molecule has 0 bridgehead atoms. The lowest BCUT2D eigenvalue weighted by atomic mass is 10.1. The molecule has 1 aromatic rings. The highest BCUT2D eigenvalue weighted by atomic mass is 16.4. The second-order valence-electron chi connectivity index (χ2n) is 3.65. The molecule has 2 N–H and O–H groups in total. The molecule has 0 unspecified atom stereocenters. The molecule has 0 spiro atoms. The number of carbonyl (C=O) groups excluding carboxylic acids is 1. The van der Waals surface area contributed by atoms with Gasteiger partial charge in [-0.15, -0.1) is 0 Å². The second kappa shape index (κ2) is 5.25. The van der Waals surface area contributed by atoms with Crippen molar-refractivity contribution in [2.24, 2.45) is 0 Å². The van der Waals surface area contributed by atoms with Crippen LogP contribution in [0, 0.1) is 6.92 Å². The number of hydrogen-bond donors (Lipinski definition) is 2. The molecule has 0 aliphatic rings. The molecule has 5 nitrogen and oxygen atoms in total. The number of pyridine rings is 1. The van der Waals surface area contributed by atoms with Crippen LogP contribution in [0.1, 0.15) is 19.5 Å². The number of aryl methyl sites for hydroxylation is 1. The zero-order valence-electron chi connectivity index (χ0n) is 9.94. The summed E-state index contributed by atoms with van der Waals surface area (Å²) in [6.07, 6.45) is 1.62. The number of hydrogen-bond acceptors (Lipinski definition) is 3. The van der Waals surface area contributed by atoms with E-state index in [0.29, 0.717) is 11.4 Å². The predicted octanol–water partition coefficient (Wildman–Crippen LogP) is 1.75. The molecule has 90 valence electrons. The highest BCUT2D eigenvalue weighted by molar-refractivity contribution is 6.08. The van der Waals surface area contributed by atoms with Gasteiger partial charge in [-0.3, -0.25) is 9.78 Å². The number of aliphatic carboxylic acids is 1. The Labute approximate surface area is 99.2 Å². The molecule has 0 atom stereocenters. The average molecular weight is 234 g/mol. The van der Waals surface area contributed by atoms with Crippen LogP contribution >= 0.6 is 0 Å². The lowest BCUT2D eigenvalue weighted by Gasteiger charge is -2.08. The van der Waals surface area contributed by atoms with Crippen LogP contribution in [0.15, 0.2) is 29.5 Å². The van der Waals surface area contributed by atoms with E-state index in [2.05, 4.69) is 10.3 Å². The van der Waals surface area contributed by atoms with E-state index >= 15 is 0 Å². The summed E-state index contributed by atoms with van der Waals surface area (Å²) in [7, 11) is 0. The first kappa shape index (κ1) is 12.9. The van der Waals surface area contributed by atoms with Crippen LogP contribution in [0.5, 0.6) is 0 Å². The van der Waals surface area contributed by atoms with Crippen LogP contribution in [-0.4, -0.2) is 22.0 Å². The molecule has 1 aromatic heterocycles. The molecule has 0 aromatic carbocycles. The van der Waals surface area contributed by atoms with Crippen molar-refractivity contribution in [3.63, 3.8) is 0 Å². The Kier molecular flexibility index (Phi) is 3.98. The third kappa shape index (κ3) is 3.14. The minimum absolute atomic E-state index is 0.0315. The fourth-order valence-corrected chi connectivity index (χ4v) is 1.16. The van der Waals surface area contributed by atoms with Crippen molar-refractivity contribution in [3.8, 4) is 0 Å². The molecular formula is C12H14N2O3. The first-order valence-electron chi connectivity index (χ1n) is 5.07. The zero-order valence-corrected chi connectivity index (χ0v) is 9.94. The summed E-state index contributed by atoms with van der Waals surface area (Å²) in [5.74, 6) is -1.53. The Balaban J connectivity index is 2.91. The topological polar surface area (TPSA) is 79.3 Å². The highest BCUT2D eigenvalue weighted by Crippen LogP contribution is 2.13. The van der Waals surface area contributed by atoms with Crippen molar-refractivity contribution in [1.29, 1.82) is 0 Å². The lowest BCUT2D eigenvalue weighted by Crippen LogP contribution is -2.17. The van der Waals surface area contributed by atoms with Gasteiger partial charge in [0.1, 0.15) is 0 Å². The standard InChI is InChI=1S/C12H14N2O3/c1-7(8(2)12(16)17)11(15)14-10-5-4-6-13-9(10)3/h4-6H,1-3H3,(H,14,15)(H,16,17). The average Bonchev–Trinajstić information content (AvgIpc) is 2.30. The Hall–Kier alpha value is -2.17. The normalized spacial score (nSPS) is 11.7. The van der Waals surface area contributed by atoms with Gasteiger partial charge in [0.05, 0.1) is 11.4 Å². The number of nitrogens with one attached hydrogen (secondary N) is 1. The fourth-order valence-electron chi connectivity index (χ4n) is 1.16. The summed E-state index contributed by atoms with van der Waals surface area (Å²) in [6, 6.07) is 3.41. The van der Waals surface area contributed by atoms with E-state index in [4.69, 9.17) is 5.11 Å². The molecule has 5 heteroatoms. The molecule has 1 heterocycles. The van der Waals surface area contributed by atoms with Gasteiger partial charge in [-0.1, -0.05) is 0 Å². The summed E-state index contributed by atoms with van der Waals surface area (Å²) < 4.78 is 0. The van der Waals surface area contributed by atoms with Gasteiger partial charge in [0.2, 0.25) is 0 Å². The molecule has 0 aliphatic carbocycles. The number of carboxylic acids is 1. The van der Waals surface area contributed by atoms with Crippen molar-refractivity contribution in [2.45, 2.75) is 20.8 Å². The monoisotopic (exact) mass is 234 g/mol. The quantitative estimate of drug-likeness (QED) is 0.781. The number of amides is 1. The minimum atomic E-state index is -1.10. The summed E-state index contributed by atoms with van der Waals surface area (Å²) in [5, 5.41) is 11.4. The van der Waals surface area contributed by atoms with Crippen LogP contribution in [0.2, 0.25) is 0 Å². The van der Waals surface area contributed by atoms with E-state index in [1.54, 1.807) is 25.3 Å². The molecule has 1 amide bonds. The van der Waals surface area contributed by atoms with E-state index < -0.39 is 11.9 Å². The summed E-state index contributed by atoms with van der Waals surface area (Å²) in [6.45, 7) is 4.64. The molecule has 0 fully saturated rings. The third-order valence-electron chi connectivity index (χ3n) is 2.48. The largest absolute Gasteiger partial charge is 0.478 e. The van der Waals surface area contributed by atoms with E-state index in [-0.39, 0.29) is 11.1 Å². The fraction of sp³-hybridized carbons (Fsp3) is 0.250. The SMILES string of the molecule is CC(C(=O)O)=C(C)C(=O)Nc1cccnc1C. The summed E-state index contributed by atoms with van der Waals surface area (Å²) >= 11 is 0. The number of carbonyl (C=O) groups is 2. The number of aromatic nitrogens is 1. The predicted molar refractivity (Wildman–Crippen MR) is 63.6 cm³/mol. The first-order valence-corrected chi connectivity index (χ1v) is 5.07. The van der Waals surface area contributed by atoms with Crippen LogP contribution in [0.4, 0.5) is 5.69 Å². The Morgan fingerprint density at radius 2 is 1.94 bits per heavy atom. The lowest BCUT2D eigenvalue weighted by molar-refractivity contribution is -0.133. The van der Waals surface area contributed by atoms with Crippen LogP contribution in [0.3, 0.4) is 0 Å². The third-order valence-corrected chi connectivity index (χ3v) is 2.48. The van der Waals surface area contributed by atoms with Gasteiger partial charge < -0.3 is 10.4 Å². The van der Waals surface area contributed by atoms with Crippen LogP contribution in [-0.2, 0) is 9.59 Å². The van der Waals surface area contributed by atoms with Crippen molar-refractivity contribution in [3.05, 3.63) is 35.2 Å². The number of anilines is 1. The molecule has 17 heavy (non-hydrogen) atoms. The summed E-state index contributed by atoms with van der Waals surface area (Å²) in [5.41, 5.74) is 1.47. The van der Waals surface area contributed by atoms with Gasteiger partial charge in [-0.2, -0.15) is 0 Å². The zero-order chi connectivity index (χ0) is 13.0. The van der Waals surface area contributed by atoms with Crippen molar-refractivity contribution < 1.29 is 14.7 Å². The molecule has 0 aliphatic heterocycles. The molecule has 0 saturated heterocycles. The van der Waals surface area contributed by atoms with Gasteiger partial charge in [0, 0.05) is 17.3 Å². The van der Waals surface area contributed by atoms with Crippen molar-refractivity contribution >= 4 is 17.6 Å². The maximum absolute atomic E-state index is 11.8. The highest BCUT2D eigenvalue weighted by Gasteiger charge is 2.13. The van der Waals surface area contributed by atoms with E-state index in [0.717, 1.165) is 0 Å². The molecule has 1 rings (SSSR count). The Morgan fingerprint density at radius 1 is 1.29 bits per heavy atom. The van der Waals surface area contributed by atoms with Gasteiger partial charge in [-0.05, 0) is 32.9 Å². The Bertz CT molecular complexity index is 492. The van der Waals surface area contributed by atoms with Crippen LogP contribution in [0.25, 0.3) is 0 Å². The van der Waals surface area contributed by atoms with Gasteiger partial charge in [0.25, 0.3) is 5.91 Å². The number of rotatable bonds is 3. The first-order chi connectivity index (χ1) is 7.93. The molecule has 0 radical (unpaired) electrons. The second-order valence-corrected chi connectivity index (χ2v) is 3.65. The van der Waals surface area contributed by atoms with E-state index in [1.807, 2.05) is 0 Å². The van der Waals surface area contributed by atoms with Crippen molar-refractivity contribution in [1.82, 2.24) is 4.98 Å². The molecule has 0 saturated carbocycles. The maximum atomic E-state index is 11.8. The summed E-state index contributed by atoms with van der Waals surface area (Å²) in [4.78, 5) is 26.5. The maximum Gasteiger partial charge on any atom is 0.331 e. The van der Waals surface area contributed by atoms with Gasteiger partial charge >= 0.3 is 5.97 Å². The number of nitrogens with zero attached hydrogens (tertiary/aromatic N) is 1.